The molecule has 5 heteroatoms. The number of carbonyl (C=O) groups is 1. The first-order chi connectivity index (χ1) is 8.25. The fraction of sp³-hybridized carbons (Fsp3) is 0. The van der Waals surface area contributed by atoms with Crippen LogP contribution in [0.3, 0.4) is 0 Å². The fourth-order valence-corrected chi connectivity index (χ4v) is 1.30. The van der Waals surface area contributed by atoms with E-state index in [4.69, 9.17) is 5.11 Å². The topological polar surface area (TPSA) is 76.0 Å². The summed E-state index contributed by atoms with van der Waals surface area (Å²) in [6.07, 6.45) is 5.48. The van der Waals surface area contributed by atoms with Crippen LogP contribution in [0.15, 0.2) is 43.0 Å². The third kappa shape index (κ3) is 2.94. The molecule has 1 aromatic carbocycles. The lowest BCUT2D eigenvalue weighted by atomic mass is 10.1. The minimum absolute atomic E-state index is 0.591. The molecular formula is C12H9N3O2. The lowest BCUT2D eigenvalue weighted by Gasteiger charge is -1.99. The number of carboxylic acids is 1. The maximum atomic E-state index is 10.3. The Morgan fingerprint density at radius 1 is 1.12 bits per heavy atom. The first kappa shape index (κ1) is 10.9. The second-order valence-electron chi connectivity index (χ2n) is 3.26. The van der Waals surface area contributed by atoms with Crippen molar-refractivity contribution in [3.05, 3.63) is 48.6 Å². The van der Waals surface area contributed by atoms with Crippen LogP contribution in [0.25, 0.3) is 17.5 Å². The molecule has 0 aliphatic carbocycles. The van der Waals surface area contributed by atoms with Gasteiger partial charge in [-0.1, -0.05) is 24.3 Å². The molecular weight excluding hydrogens is 218 g/mol. The van der Waals surface area contributed by atoms with Crippen LogP contribution in [-0.4, -0.2) is 26.0 Å². The molecule has 0 fully saturated rings. The van der Waals surface area contributed by atoms with Crippen LogP contribution in [-0.2, 0) is 4.79 Å². The minimum Gasteiger partial charge on any atom is -0.478 e. The number of hydrogen-bond acceptors (Lipinski definition) is 4. The molecule has 0 radical (unpaired) electrons. The number of aliphatic carboxylic acids is 1. The number of carboxylic acid groups (broad SMARTS) is 1. The summed E-state index contributed by atoms with van der Waals surface area (Å²) in [5.74, 6) is -0.375. The largest absolute Gasteiger partial charge is 0.478 e. The SMILES string of the molecule is O=C(O)/C=C/c1ccc(-c2ncncn2)cc1. The predicted octanol–water partition coefficient (Wildman–Crippen LogP) is 1.64. The van der Waals surface area contributed by atoms with Gasteiger partial charge in [0.15, 0.2) is 5.82 Å². The molecule has 1 N–H and O–H groups in total. The molecule has 0 aliphatic rings. The van der Waals surface area contributed by atoms with E-state index in [0.29, 0.717) is 5.82 Å². The summed E-state index contributed by atoms with van der Waals surface area (Å²) in [4.78, 5) is 22.1. The zero-order valence-electron chi connectivity index (χ0n) is 8.82. The zero-order valence-corrected chi connectivity index (χ0v) is 8.82. The summed E-state index contributed by atoms with van der Waals surface area (Å²) >= 11 is 0. The normalized spacial score (nSPS) is 10.6. The third-order valence-corrected chi connectivity index (χ3v) is 2.08. The third-order valence-electron chi connectivity index (χ3n) is 2.08. The summed E-state index contributed by atoms with van der Waals surface area (Å²) in [5, 5.41) is 8.49. The van der Waals surface area contributed by atoms with E-state index in [1.54, 1.807) is 12.1 Å². The number of benzene rings is 1. The summed E-state index contributed by atoms with van der Waals surface area (Å²) in [5.41, 5.74) is 1.67. The average molecular weight is 227 g/mol. The first-order valence-corrected chi connectivity index (χ1v) is 4.89. The van der Waals surface area contributed by atoms with Crippen LogP contribution in [0.5, 0.6) is 0 Å². The molecule has 5 nitrogen and oxygen atoms in total. The van der Waals surface area contributed by atoms with E-state index in [0.717, 1.165) is 17.2 Å². The zero-order chi connectivity index (χ0) is 12.1. The molecule has 0 aliphatic heterocycles. The lowest BCUT2D eigenvalue weighted by molar-refractivity contribution is -0.131. The first-order valence-electron chi connectivity index (χ1n) is 4.89. The van der Waals surface area contributed by atoms with Crippen molar-refractivity contribution >= 4 is 12.0 Å². The summed E-state index contributed by atoms with van der Waals surface area (Å²) < 4.78 is 0. The van der Waals surface area contributed by atoms with E-state index in [1.807, 2.05) is 12.1 Å². The predicted molar refractivity (Wildman–Crippen MR) is 61.9 cm³/mol. The smallest absolute Gasteiger partial charge is 0.328 e. The van der Waals surface area contributed by atoms with E-state index in [-0.39, 0.29) is 0 Å². The maximum absolute atomic E-state index is 10.3. The molecule has 2 rings (SSSR count). The highest BCUT2D eigenvalue weighted by Crippen LogP contribution is 2.14. The van der Waals surface area contributed by atoms with Gasteiger partial charge in [-0.3, -0.25) is 0 Å². The molecule has 0 atom stereocenters. The Kier molecular flexibility index (Phi) is 3.20. The Morgan fingerprint density at radius 2 is 1.76 bits per heavy atom. The Balaban J connectivity index is 2.22. The molecule has 0 bridgehead atoms. The van der Waals surface area contributed by atoms with Crippen molar-refractivity contribution in [1.29, 1.82) is 0 Å². The Bertz CT molecular complexity index is 535. The highest BCUT2D eigenvalue weighted by atomic mass is 16.4. The van der Waals surface area contributed by atoms with Gasteiger partial charge >= 0.3 is 5.97 Å². The van der Waals surface area contributed by atoms with Gasteiger partial charge in [0.05, 0.1) is 0 Å². The van der Waals surface area contributed by atoms with E-state index in [2.05, 4.69) is 15.0 Å². The van der Waals surface area contributed by atoms with E-state index >= 15 is 0 Å². The van der Waals surface area contributed by atoms with Crippen LogP contribution < -0.4 is 0 Å². The van der Waals surface area contributed by atoms with Crippen molar-refractivity contribution in [1.82, 2.24) is 15.0 Å². The van der Waals surface area contributed by atoms with E-state index in [1.165, 1.54) is 18.7 Å². The van der Waals surface area contributed by atoms with Crippen LogP contribution >= 0.6 is 0 Å². The summed E-state index contributed by atoms with van der Waals surface area (Å²) in [6, 6.07) is 7.27. The Morgan fingerprint density at radius 3 is 2.35 bits per heavy atom. The molecule has 0 amide bonds. The van der Waals surface area contributed by atoms with Gasteiger partial charge in [0.1, 0.15) is 12.7 Å². The lowest BCUT2D eigenvalue weighted by Crippen LogP contribution is -1.89. The van der Waals surface area contributed by atoms with Crippen molar-refractivity contribution in [2.45, 2.75) is 0 Å². The number of aromatic nitrogens is 3. The van der Waals surface area contributed by atoms with E-state index in [9.17, 15) is 4.79 Å². The molecule has 1 aromatic heterocycles. The average Bonchev–Trinajstić information content (AvgIpc) is 2.38. The Labute approximate surface area is 97.5 Å². The highest BCUT2D eigenvalue weighted by molar-refractivity contribution is 5.85. The van der Waals surface area contributed by atoms with Gasteiger partial charge in [-0.25, -0.2) is 19.7 Å². The molecule has 2 aromatic rings. The molecule has 84 valence electrons. The number of hydrogen-bond donors (Lipinski definition) is 1. The van der Waals surface area contributed by atoms with Crippen molar-refractivity contribution in [2.75, 3.05) is 0 Å². The monoisotopic (exact) mass is 227 g/mol. The fourth-order valence-electron chi connectivity index (χ4n) is 1.30. The minimum atomic E-state index is -0.966. The second-order valence-corrected chi connectivity index (χ2v) is 3.26. The Hall–Kier alpha value is -2.56. The number of rotatable bonds is 3. The van der Waals surface area contributed by atoms with Crippen molar-refractivity contribution in [2.24, 2.45) is 0 Å². The molecule has 0 saturated heterocycles. The van der Waals surface area contributed by atoms with Gasteiger partial charge < -0.3 is 5.11 Å². The van der Waals surface area contributed by atoms with Gasteiger partial charge in [-0.05, 0) is 11.6 Å². The van der Waals surface area contributed by atoms with E-state index < -0.39 is 5.97 Å². The van der Waals surface area contributed by atoms with Gasteiger partial charge in [0.25, 0.3) is 0 Å². The van der Waals surface area contributed by atoms with Crippen molar-refractivity contribution < 1.29 is 9.90 Å². The van der Waals surface area contributed by atoms with Crippen LogP contribution in [0.4, 0.5) is 0 Å². The quantitative estimate of drug-likeness (QED) is 0.806. The van der Waals surface area contributed by atoms with Gasteiger partial charge in [0.2, 0.25) is 0 Å². The summed E-state index contributed by atoms with van der Waals surface area (Å²) in [7, 11) is 0. The van der Waals surface area contributed by atoms with Crippen molar-refractivity contribution in [3.63, 3.8) is 0 Å². The molecule has 0 saturated carbocycles. The van der Waals surface area contributed by atoms with Crippen molar-refractivity contribution in [3.8, 4) is 11.4 Å². The molecule has 1 heterocycles. The van der Waals surface area contributed by atoms with Gasteiger partial charge in [0, 0.05) is 11.6 Å². The highest BCUT2D eigenvalue weighted by Gasteiger charge is 1.99. The molecule has 0 spiro atoms. The van der Waals surface area contributed by atoms with Crippen LogP contribution in [0.1, 0.15) is 5.56 Å². The maximum Gasteiger partial charge on any atom is 0.328 e. The van der Waals surface area contributed by atoms with Gasteiger partial charge in [-0.15, -0.1) is 0 Å². The molecule has 0 unspecified atom stereocenters. The van der Waals surface area contributed by atoms with Gasteiger partial charge in [-0.2, -0.15) is 0 Å². The standard InChI is InChI=1S/C12H9N3O2/c16-11(17)6-3-9-1-4-10(5-2-9)12-14-7-13-8-15-12/h1-8H,(H,16,17)/b6-3+. The van der Waals surface area contributed by atoms with Crippen LogP contribution in [0, 0.1) is 0 Å². The molecule has 17 heavy (non-hydrogen) atoms. The van der Waals surface area contributed by atoms with Crippen LogP contribution in [0.2, 0.25) is 0 Å². The summed E-state index contributed by atoms with van der Waals surface area (Å²) in [6.45, 7) is 0. The number of nitrogens with zero attached hydrogens (tertiary/aromatic N) is 3. The second kappa shape index (κ2) is 4.98.